The van der Waals surface area contributed by atoms with Crippen molar-refractivity contribution in [1.82, 2.24) is 0 Å². The summed E-state index contributed by atoms with van der Waals surface area (Å²) in [5, 5.41) is 0. The maximum Gasteiger partial charge on any atom is 0.248 e. The first-order valence-electron chi connectivity index (χ1n) is 4.56. The number of hydrogen-bond donors (Lipinski definition) is 1. The molecular formula is C11H12N2O. The van der Waals surface area contributed by atoms with Crippen LogP contribution in [0.5, 0.6) is 0 Å². The molecule has 0 radical (unpaired) electrons. The zero-order chi connectivity index (χ0) is 10.2. The highest BCUT2D eigenvalue weighted by Gasteiger charge is 2.38. The molecule has 1 aromatic carbocycles. The highest BCUT2D eigenvalue weighted by molar-refractivity contribution is 6.07. The third kappa shape index (κ3) is 1.21. The van der Waals surface area contributed by atoms with Crippen LogP contribution in [0, 0.1) is 0 Å². The summed E-state index contributed by atoms with van der Waals surface area (Å²) >= 11 is 0. The molecule has 0 spiro atoms. The van der Waals surface area contributed by atoms with Crippen molar-refractivity contribution < 1.29 is 4.79 Å². The highest BCUT2D eigenvalue weighted by atomic mass is 16.1. The summed E-state index contributed by atoms with van der Waals surface area (Å²) < 4.78 is 0. The molecule has 1 unspecified atom stereocenters. The van der Waals surface area contributed by atoms with Crippen molar-refractivity contribution in [2.24, 2.45) is 10.7 Å². The first kappa shape index (κ1) is 8.94. The lowest BCUT2D eigenvalue weighted by molar-refractivity contribution is -0.117. The molecule has 3 nitrogen and oxygen atoms in total. The predicted octanol–water partition coefficient (Wildman–Crippen LogP) is 1.23. The van der Waals surface area contributed by atoms with Gasteiger partial charge in [-0.1, -0.05) is 30.3 Å². The van der Waals surface area contributed by atoms with Gasteiger partial charge in [0.15, 0.2) is 0 Å². The van der Waals surface area contributed by atoms with Gasteiger partial charge in [-0.3, -0.25) is 4.79 Å². The average molecular weight is 188 g/mol. The van der Waals surface area contributed by atoms with E-state index in [-0.39, 0.29) is 5.91 Å². The van der Waals surface area contributed by atoms with Gasteiger partial charge in [0.05, 0.1) is 5.41 Å². The summed E-state index contributed by atoms with van der Waals surface area (Å²) in [6.07, 6.45) is 0.378. The molecule has 0 fully saturated rings. The van der Waals surface area contributed by atoms with Crippen molar-refractivity contribution in [2.45, 2.75) is 18.8 Å². The smallest absolute Gasteiger partial charge is 0.248 e. The van der Waals surface area contributed by atoms with Gasteiger partial charge in [-0.25, -0.2) is 0 Å². The van der Waals surface area contributed by atoms with Gasteiger partial charge in [0.2, 0.25) is 5.91 Å². The number of benzene rings is 1. The van der Waals surface area contributed by atoms with E-state index in [4.69, 9.17) is 5.73 Å². The van der Waals surface area contributed by atoms with E-state index in [1.807, 2.05) is 37.3 Å². The molecule has 1 aromatic rings. The fourth-order valence-electron chi connectivity index (χ4n) is 1.75. The van der Waals surface area contributed by atoms with Gasteiger partial charge in [-0.05, 0) is 12.5 Å². The molecule has 14 heavy (non-hydrogen) atoms. The molecule has 0 saturated heterocycles. The number of nitrogens with zero attached hydrogens (tertiary/aromatic N) is 1. The van der Waals surface area contributed by atoms with E-state index in [2.05, 4.69) is 4.99 Å². The molecule has 0 saturated carbocycles. The van der Waals surface area contributed by atoms with Crippen LogP contribution in [-0.2, 0) is 10.2 Å². The van der Waals surface area contributed by atoms with Gasteiger partial charge in [0.25, 0.3) is 0 Å². The summed E-state index contributed by atoms with van der Waals surface area (Å²) in [4.78, 5) is 14.9. The van der Waals surface area contributed by atoms with E-state index >= 15 is 0 Å². The third-order valence-corrected chi connectivity index (χ3v) is 2.73. The van der Waals surface area contributed by atoms with Crippen LogP contribution in [0.3, 0.4) is 0 Å². The quantitative estimate of drug-likeness (QED) is 0.720. The molecule has 3 heteroatoms. The zero-order valence-electron chi connectivity index (χ0n) is 8.03. The Labute approximate surface area is 82.6 Å². The summed E-state index contributed by atoms with van der Waals surface area (Å²) in [5.74, 6) is 0.294. The zero-order valence-corrected chi connectivity index (χ0v) is 8.03. The predicted molar refractivity (Wildman–Crippen MR) is 55.0 cm³/mol. The molecule has 2 rings (SSSR count). The van der Waals surface area contributed by atoms with Crippen molar-refractivity contribution in [1.29, 1.82) is 0 Å². The van der Waals surface area contributed by atoms with Gasteiger partial charge < -0.3 is 5.73 Å². The lowest BCUT2D eigenvalue weighted by Crippen LogP contribution is -2.35. The van der Waals surface area contributed by atoms with E-state index in [1.165, 1.54) is 0 Å². The van der Waals surface area contributed by atoms with Crippen molar-refractivity contribution in [2.75, 3.05) is 0 Å². The van der Waals surface area contributed by atoms with E-state index in [9.17, 15) is 4.79 Å². The second kappa shape index (κ2) is 2.94. The Morgan fingerprint density at radius 2 is 2.00 bits per heavy atom. The molecule has 1 atom stereocenters. The minimum atomic E-state index is -0.404. The van der Waals surface area contributed by atoms with Gasteiger partial charge in [0.1, 0.15) is 5.84 Å². The molecule has 72 valence electrons. The molecule has 2 N–H and O–H groups in total. The largest absolute Gasteiger partial charge is 0.386 e. The fraction of sp³-hybridized carbons (Fsp3) is 0.273. The Morgan fingerprint density at radius 1 is 1.36 bits per heavy atom. The first-order valence-corrected chi connectivity index (χ1v) is 4.56. The lowest BCUT2D eigenvalue weighted by atomic mass is 9.80. The average Bonchev–Trinajstić information content (AvgIpc) is 2.43. The van der Waals surface area contributed by atoms with Gasteiger partial charge >= 0.3 is 0 Å². The summed E-state index contributed by atoms with van der Waals surface area (Å²) in [6.45, 7) is 1.95. The Kier molecular flexibility index (Phi) is 1.88. The Hall–Kier alpha value is -1.64. The molecule has 1 aliphatic rings. The van der Waals surface area contributed by atoms with Crippen LogP contribution >= 0.6 is 0 Å². The van der Waals surface area contributed by atoms with Crippen molar-refractivity contribution in [3.05, 3.63) is 35.9 Å². The first-order chi connectivity index (χ1) is 6.63. The van der Waals surface area contributed by atoms with E-state index in [1.54, 1.807) is 0 Å². The number of amides is 1. The highest BCUT2D eigenvalue weighted by Crippen LogP contribution is 2.32. The van der Waals surface area contributed by atoms with Crippen LogP contribution in [0.1, 0.15) is 18.9 Å². The summed E-state index contributed by atoms with van der Waals surface area (Å²) in [6, 6.07) is 9.77. The second-order valence-electron chi connectivity index (χ2n) is 3.77. The third-order valence-electron chi connectivity index (χ3n) is 2.73. The molecule has 1 aliphatic heterocycles. The Bertz CT molecular complexity index is 397. The number of nitrogens with two attached hydrogens (primary N) is 1. The van der Waals surface area contributed by atoms with Gasteiger partial charge in [-0.15, -0.1) is 0 Å². The number of rotatable bonds is 1. The molecular weight excluding hydrogens is 176 g/mol. The fourth-order valence-corrected chi connectivity index (χ4v) is 1.75. The lowest BCUT2D eigenvalue weighted by Gasteiger charge is -2.22. The second-order valence-corrected chi connectivity index (χ2v) is 3.77. The van der Waals surface area contributed by atoms with Crippen LogP contribution in [0.25, 0.3) is 0 Å². The van der Waals surface area contributed by atoms with E-state index in [0.29, 0.717) is 12.3 Å². The Morgan fingerprint density at radius 3 is 2.50 bits per heavy atom. The van der Waals surface area contributed by atoms with Crippen LogP contribution in [0.4, 0.5) is 0 Å². The van der Waals surface area contributed by atoms with Crippen molar-refractivity contribution in [3.63, 3.8) is 0 Å². The van der Waals surface area contributed by atoms with Gasteiger partial charge in [-0.2, -0.15) is 4.99 Å². The van der Waals surface area contributed by atoms with E-state index < -0.39 is 5.41 Å². The molecule has 1 heterocycles. The van der Waals surface area contributed by atoms with Crippen LogP contribution in [0.15, 0.2) is 35.3 Å². The standard InChI is InChI=1S/C11H12N2O/c1-11(7-9(14)13-10(11)12)8-5-3-2-4-6-8/h2-6H,7H2,1H3,(H2,12,13,14). The minimum absolute atomic E-state index is 0.131. The van der Waals surface area contributed by atoms with E-state index in [0.717, 1.165) is 5.56 Å². The van der Waals surface area contributed by atoms with Crippen molar-refractivity contribution in [3.8, 4) is 0 Å². The molecule has 0 bridgehead atoms. The van der Waals surface area contributed by atoms with Gasteiger partial charge in [0, 0.05) is 6.42 Å². The minimum Gasteiger partial charge on any atom is -0.386 e. The van der Waals surface area contributed by atoms with Crippen molar-refractivity contribution >= 4 is 11.7 Å². The monoisotopic (exact) mass is 188 g/mol. The number of aliphatic imine (C=N–C) groups is 1. The number of carbonyl (C=O) groups excluding carboxylic acids is 1. The van der Waals surface area contributed by atoms with Crippen LogP contribution in [0.2, 0.25) is 0 Å². The van der Waals surface area contributed by atoms with Crippen LogP contribution in [-0.4, -0.2) is 11.7 Å². The molecule has 0 aliphatic carbocycles. The topological polar surface area (TPSA) is 55.5 Å². The number of amidine groups is 1. The normalized spacial score (nSPS) is 26.4. The maximum absolute atomic E-state index is 11.2. The SMILES string of the molecule is CC1(c2ccccc2)CC(=O)N=C1N. The number of hydrogen-bond acceptors (Lipinski definition) is 2. The molecule has 1 amide bonds. The summed E-state index contributed by atoms with van der Waals surface area (Å²) in [7, 11) is 0. The maximum atomic E-state index is 11.2. The summed E-state index contributed by atoms with van der Waals surface area (Å²) in [5.41, 5.74) is 6.41. The molecule has 0 aromatic heterocycles. The Balaban J connectivity index is 2.45. The number of carbonyl (C=O) groups is 1. The van der Waals surface area contributed by atoms with Crippen LogP contribution < -0.4 is 5.73 Å².